The van der Waals surface area contributed by atoms with Crippen LogP contribution in [0.1, 0.15) is 11.1 Å². The third kappa shape index (κ3) is 5.38. The molecule has 3 aromatic carbocycles. The van der Waals surface area contributed by atoms with E-state index in [0.29, 0.717) is 30.9 Å². The molecule has 0 saturated carbocycles. The van der Waals surface area contributed by atoms with Crippen molar-refractivity contribution in [2.75, 3.05) is 4.90 Å². The number of nitro groups is 1. The van der Waals surface area contributed by atoms with E-state index in [9.17, 15) is 19.3 Å². The lowest BCUT2D eigenvalue weighted by Crippen LogP contribution is -2.27. The Morgan fingerprint density at radius 3 is 2.44 bits per heavy atom. The molecule has 1 amide bonds. The number of thiocarbonyl (C=S) groups is 1. The van der Waals surface area contributed by atoms with E-state index in [1.807, 2.05) is 0 Å². The van der Waals surface area contributed by atoms with Gasteiger partial charge in [0, 0.05) is 12.1 Å². The fourth-order valence-corrected chi connectivity index (χ4v) is 5.87. The Hall–Kier alpha value is -2.60. The summed E-state index contributed by atoms with van der Waals surface area (Å²) in [6.07, 6.45) is 1.69. The number of hydrogen-bond acceptors (Lipinski definition) is 6. The van der Waals surface area contributed by atoms with Crippen LogP contribution < -0.4 is 9.64 Å². The maximum atomic E-state index is 13.1. The van der Waals surface area contributed by atoms with Gasteiger partial charge in [0.15, 0.2) is 4.32 Å². The Labute approximate surface area is 220 Å². The Bertz CT molecular complexity index is 1330. The highest BCUT2D eigenvalue weighted by molar-refractivity contribution is 9.11. The van der Waals surface area contributed by atoms with Crippen LogP contribution in [0.25, 0.3) is 6.08 Å². The van der Waals surface area contributed by atoms with Gasteiger partial charge in [-0.05, 0) is 79.4 Å². The van der Waals surface area contributed by atoms with Gasteiger partial charge in [0.1, 0.15) is 18.2 Å². The maximum absolute atomic E-state index is 13.1. The number of hydrogen-bond donors (Lipinski definition) is 0. The zero-order valence-electron chi connectivity index (χ0n) is 17.0. The fraction of sp³-hybridized carbons (Fsp3) is 0.0435. The highest BCUT2D eigenvalue weighted by atomic mass is 79.9. The van der Waals surface area contributed by atoms with Crippen LogP contribution in [0.2, 0.25) is 0 Å². The number of amides is 1. The summed E-state index contributed by atoms with van der Waals surface area (Å²) < 4.78 is 20.6. The summed E-state index contributed by atoms with van der Waals surface area (Å²) in [5.74, 6) is -0.114. The van der Waals surface area contributed by atoms with Gasteiger partial charge < -0.3 is 4.74 Å². The Kier molecular flexibility index (Phi) is 7.46. The summed E-state index contributed by atoms with van der Waals surface area (Å²) >= 11 is 13.5. The van der Waals surface area contributed by atoms with Gasteiger partial charge in [-0.3, -0.25) is 19.8 Å². The summed E-state index contributed by atoms with van der Waals surface area (Å²) in [5.41, 5.74) is 1.74. The van der Waals surface area contributed by atoms with E-state index in [1.54, 1.807) is 36.4 Å². The zero-order valence-corrected chi connectivity index (χ0v) is 21.8. The molecule has 0 spiro atoms. The van der Waals surface area contributed by atoms with E-state index in [0.717, 1.165) is 17.3 Å². The van der Waals surface area contributed by atoms with Crippen molar-refractivity contribution in [2.45, 2.75) is 6.61 Å². The maximum Gasteiger partial charge on any atom is 0.271 e. The molecule has 0 atom stereocenters. The van der Waals surface area contributed by atoms with Crippen molar-refractivity contribution in [3.63, 3.8) is 0 Å². The molecule has 1 saturated heterocycles. The normalized spacial score (nSPS) is 14.7. The molecule has 0 N–H and O–H groups in total. The molecular formula is C23H13Br2FN2O4S2. The number of nitrogens with zero attached hydrogens (tertiary/aromatic N) is 2. The molecule has 34 heavy (non-hydrogen) atoms. The summed E-state index contributed by atoms with van der Waals surface area (Å²) in [6, 6.07) is 15.4. The van der Waals surface area contributed by atoms with Gasteiger partial charge >= 0.3 is 0 Å². The largest absolute Gasteiger partial charge is 0.487 e. The zero-order chi connectivity index (χ0) is 24.4. The third-order valence-electron chi connectivity index (χ3n) is 4.71. The second kappa shape index (κ2) is 10.3. The molecule has 1 fully saturated rings. The molecule has 0 bridgehead atoms. The number of benzene rings is 3. The molecule has 0 aliphatic carbocycles. The van der Waals surface area contributed by atoms with Crippen molar-refractivity contribution in [1.82, 2.24) is 0 Å². The number of anilines is 1. The quantitative estimate of drug-likeness (QED) is 0.125. The van der Waals surface area contributed by atoms with Gasteiger partial charge in [-0.15, -0.1) is 0 Å². The average Bonchev–Trinajstić information content (AvgIpc) is 3.07. The SMILES string of the molecule is O=C1/C(=C/c2cc(Br)c(OCc3ccc(F)cc3)c(Br)c2)SC(=S)N1c1cccc([N+](=O)[O-])c1. The molecule has 4 rings (SSSR count). The van der Waals surface area contributed by atoms with E-state index in [-0.39, 0.29) is 28.3 Å². The molecule has 6 nitrogen and oxygen atoms in total. The van der Waals surface area contributed by atoms with Crippen LogP contribution in [0.5, 0.6) is 5.75 Å². The van der Waals surface area contributed by atoms with E-state index in [4.69, 9.17) is 17.0 Å². The average molecular weight is 624 g/mol. The predicted molar refractivity (Wildman–Crippen MR) is 141 cm³/mol. The van der Waals surface area contributed by atoms with Crippen molar-refractivity contribution >= 4 is 83.5 Å². The lowest BCUT2D eigenvalue weighted by Gasteiger charge is -2.14. The van der Waals surface area contributed by atoms with Crippen LogP contribution in [-0.2, 0) is 11.4 Å². The number of ether oxygens (including phenoxy) is 1. The van der Waals surface area contributed by atoms with E-state index >= 15 is 0 Å². The van der Waals surface area contributed by atoms with Crippen LogP contribution >= 0.6 is 55.8 Å². The van der Waals surface area contributed by atoms with Crippen LogP contribution in [0.4, 0.5) is 15.8 Å². The summed E-state index contributed by atoms with van der Waals surface area (Å²) in [6.45, 7) is 0.249. The Morgan fingerprint density at radius 1 is 1.12 bits per heavy atom. The summed E-state index contributed by atoms with van der Waals surface area (Å²) in [5, 5.41) is 11.1. The summed E-state index contributed by atoms with van der Waals surface area (Å²) in [7, 11) is 0. The fourth-order valence-electron chi connectivity index (χ4n) is 3.12. The molecule has 3 aromatic rings. The van der Waals surface area contributed by atoms with Gasteiger partial charge in [-0.25, -0.2) is 4.39 Å². The van der Waals surface area contributed by atoms with Crippen molar-refractivity contribution in [1.29, 1.82) is 0 Å². The number of rotatable bonds is 6. The number of carbonyl (C=O) groups is 1. The van der Waals surface area contributed by atoms with Crippen LogP contribution in [0.15, 0.2) is 74.5 Å². The lowest BCUT2D eigenvalue weighted by atomic mass is 10.2. The standard InChI is InChI=1S/C23H13Br2FN2O4S2/c24-18-8-14(9-19(25)21(18)32-12-13-4-6-15(26)7-5-13)10-20-22(29)27(23(33)34-20)16-2-1-3-17(11-16)28(30)31/h1-11H,12H2/b20-10-. The molecule has 0 aromatic heterocycles. The molecule has 0 radical (unpaired) electrons. The van der Waals surface area contributed by atoms with Crippen molar-refractivity contribution in [3.8, 4) is 5.75 Å². The molecule has 1 aliphatic heterocycles. The second-order valence-corrected chi connectivity index (χ2v) is 10.4. The van der Waals surface area contributed by atoms with Gasteiger partial charge in [-0.1, -0.05) is 42.2 Å². The molecule has 11 heteroatoms. The first-order chi connectivity index (χ1) is 16.2. The highest BCUT2D eigenvalue weighted by Crippen LogP contribution is 2.39. The first kappa shape index (κ1) is 24.5. The Morgan fingerprint density at radius 2 is 1.79 bits per heavy atom. The minimum absolute atomic E-state index is 0.125. The van der Waals surface area contributed by atoms with Crippen molar-refractivity contribution in [3.05, 3.63) is 102 Å². The first-order valence-electron chi connectivity index (χ1n) is 9.61. The van der Waals surface area contributed by atoms with Gasteiger partial charge in [-0.2, -0.15) is 0 Å². The van der Waals surface area contributed by atoms with Gasteiger partial charge in [0.05, 0.1) is 24.5 Å². The van der Waals surface area contributed by atoms with E-state index in [2.05, 4.69) is 31.9 Å². The summed E-state index contributed by atoms with van der Waals surface area (Å²) in [4.78, 5) is 25.3. The topological polar surface area (TPSA) is 72.7 Å². The minimum atomic E-state index is -0.522. The smallest absolute Gasteiger partial charge is 0.271 e. The molecule has 1 heterocycles. The van der Waals surface area contributed by atoms with Gasteiger partial charge in [0.25, 0.3) is 11.6 Å². The number of non-ortho nitro benzene ring substituents is 1. The molecular weight excluding hydrogens is 611 g/mol. The van der Waals surface area contributed by atoms with Crippen LogP contribution in [-0.4, -0.2) is 15.2 Å². The monoisotopic (exact) mass is 622 g/mol. The third-order valence-corrected chi connectivity index (χ3v) is 7.19. The first-order valence-corrected chi connectivity index (χ1v) is 12.4. The molecule has 1 aliphatic rings. The van der Waals surface area contributed by atoms with Gasteiger partial charge in [0.2, 0.25) is 0 Å². The van der Waals surface area contributed by atoms with Crippen molar-refractivity contribution < 1.29 is 18.8 Å². The number of thioether (sulfide) groups is 1. The molecule has 0 unspecified atom stereocenters. The van der Waals surface area contributed by atoms with Crippen LogP contribution in [0, 0.1) is 15.9 Å². The second-order valence-electron chi connectivity index (χ2n) is 7.02. The number of carbonyl (C=O) groups excluding carboxylic acids is 1. The van der Waals surface area contributed by atoms with E-state index < -0.39 is 4.92 Å². The number of nitro benzene ring substituents is 1. The lowest BCUT2D eigenvalue weighted by molar-refractivity contribution is -0.384. The van der Waals surface area contributed by atoms with E-state index in [1.165, 1.54) is 35.2 Å². The minimum Gasteiger partial charge on any atom is -0.487 e. The van der Waals surface area contributed by atoms with Crippen molar-refractivity contribution in [2.24, 2.45) is 0 Å². The molecule has 172 valence electrons. The predicted octanol–water partition coefficient (Wildman–Crippen LogP) is 7.24. The van der Waals surface area contributed by atoms with Crippen LogP contribution in [0.3, 0.4) is 0 Å². The highest BCUT2D eigenvalue weighted by Gasteiger charge is 2.34. The number of halogens is 3. The Balaban J connectivity index is 1.55.